The molecule has 1 unspecified atom stereocenters. The molecule has 34 heavy (non-hydrogen) atoms. The first-order valence-electron chi connectivity index (χ1n) is 11.3. The number of amides is 1. The first kappa shape index (κ1) is 24.4. The highest BCUT2D eigenvalue weighted by atomic mass is 35.5. The van der Waals surface area contributed by atoms with Crippen LogP contribution in [0.4, 0.5) is 0 Å². The Morgan fingerprint density at radius 2 is 1.44 bits per heavy atom. The molecule has 0 spiro atoms. The molecule has 0 radical (unpaired) electrons. The minimum absolute atomic E-state index is 0.116. The van der Waals surface area contributed by atoms with Crippen molar-refractivity contribution in [3.8, 4) is 0 Å². The summed E-state index contributed by atoms with van der Waals surface area (Å²) in [7, 11) is -3.68. The van der Waals surface area contributed by atoms with E-state index in [0.29, 0.717) is 37.6 Å². The number of rotatable bonds is 8. The highest BCUT2D eigenvalue weighted by molar-refractivity contribution is 7.89. The maximum atomic E-state index is 12.9. The molecule has 0 bridgehead atoms. The van der Waals surface area contributed by atoms with Crippen molar-refractivity contribution in [2.24, 2.45) is 0 Å². The number of sulfonamides is 1. The topological polar surface area (TPSA) is 69.7 Å². The van der Waals surface area contributed by atoms with Crippen LogP contribution in [-0.4, -0.2) is 56.8 Å². The van der Waals surface area contributed by atoms with Crippen LogP contribution in [0.5, 0.6) is 0 Å². The van der Waals surface area contributed by atoms with Gasteiger partial charge in [0.2, 0.25) is 15.9 Å². The molecule has 1 N–H and O–H groups in total. The second-order valence-corrected chi connectivity index (χ2v) is 10.5. The summed E-state index contributed by atoms with van der Waals surface area (Å²) < 4.78 is 28.5. The van der Waals surface area contributed by atoms with E-state index in [-0.39, 0.29) is 23.4 Å². The van der Waals surface area contributed by atoms with E-state index in [1.807, 2.05) is 65.6 Å². The average Bonchev–Trinajstić information content (AvgIpc) is 2.86. The minimum Gasteiger partial charge on any atom is -0.340 e. The van der Waals surface area contributed by atoms with Crippen LogP contribution in [0.3, 0.4) is 0 Å². The number of nitrogens with one attached hydrogen (secondary N) is 1. The summed E-state index contributed by atoms with van der Waals surface area (Å²) in [6, 6.07) is 25.6. The van der Waals surface area contributed by atoms with Crippen molar-refractivity contribution in [2.75, 3.05) is 32.7 Å². The Labute approximate surface area is 206 Å². The summed E-state index contributed by atoms with van der Waals surface area (Å²) in [5, 5.41) is 0.487. The second-order valence-electron chi connectivity index (χ2n) is 8.31. The highest BCUT2D eigenvalue weighted by Crippen LogP contribution is 2.23. The number of benzene rings is 3. The summed E-state index contributed by atoms with van der Waals surface area (Å²) in [4.78, 5) is 17.1. The summed E-state index contributed by atoms with van der Waals surface area (Å²) >= 11 is 5.90. The van der Waals surface area contributed by atoms with Crippen molar-refractivity contribution in [2.45, 2.75) is 17.4 Å². The molecule has 1 atom stereocenters. The normalized spacial score (nSPS) is 15.7. The fourth-order valence-corrected chi connectivity index (χ4v) is 5.35. The molecule has 3 aromatic carbocycles. The third-order valence-electron chi connectivity index (χ3n) is 6.08. The van der Waals surface area contributed by atoms with Crippen molar-refractivity contribution < 1.29 is 13.2 Å². The molecule has 8 heteroatoms. The largest absolute Gasteiger partial charge is 0.340 e. The van der Waals surface area contributed by atoms with Crippen molar-refractivity contribution in [3.05, 3.63) is 101 Å². The van der Waals surface area contributed by atoms with Crippen LogP contribution in [0.2, 0.25) is 5.02 Å². The summed E-state index contributed by atoms with van der Waals surface area (Å²) in [6.07, 6.45) is 0.393. The van der Waals surface area contributed by atoms with Gasteiger partial charge in [0.25, 0.3) is 0 Å². The van der Waals surface area contributed by atoms with Crippen LogP contribution in [0.15, 0.2) is 89.8 Å². The lowest BCUT2D eigenvalue weighted by Crippen LogP contribution is -2.51. The van der Waals surface area contributed by atoms with Gasteiger partial charge in [-0.05, 0) is 35.4 Å². The molecule has 1 fully saturated rings. The van der Waals surface area contributed by atoms with Crippen molar-refractivity contribution >= 4 is 27.5 Å². The zero-order valence-corrected chi connectivity index (χ0v) is 20.4. The van der Waals surface area contributed by atoms with E-state index in [4.69, 9.17) is 11.6 Å². The summed E-state index contributed by atoms with van der Waals surface area (Å²) in [5.41, 5.74) is 2.04. The lowest BCUT2D eigenvalue weighted by molar-refractivity contribution is -0.132. The van der Waals surface area contributed by atoms with E-state index in [0.717, 1.165) is 11.1 Å². The van der Waals surface area contributed by atoms with Crippen molar-refractivity contribution in [1.29, 1.82) is 0 Å². The SMILES string of the molecule is O=C(Cc1ccccc1)N1CCN(C(CNS(=O)(=O)c2ccc(Cl)cc2)c2ccccc2)CC1. The molecule has 1 aliphatic heterocycles. The fraction of sp³-hybridized carbons (Fsp3) is 0.269. The number of piperazine rings is 1. The number of hydrogen-bond donors (Lipinski definition) is 1. The molecule has 0 saturated carbocycles. The number of halogens is 1. The predicted molar refractivity (Wildman–Crippen MR) is 134 cm³/mol. The van der Waals surface area contributed by atoms with E-state index < -0.39 is 10.0 Å². The molecule has 1 heterocycles. The molecule has 6 nitrogen and oxygen atoms in total. The molecule has 1 saturated heterocycles. The Balaban J connectivity index is 1.42. The van der Waals surface area contributed by atoms with Gasteiger partial charge < -0.3 is 4.90 Å². The van der Waals surface area contributed by atoms with Gasteiger partial charge in [0.05, 0.1) is 11.3 Å². The van der Waals surface area contributed by atoms with Gasteiger partial charge in [0.1, 0.15) is 0 Å². The maximum Gasteiger partial charge on any atom is 0.240 e. The number of hydrogen-bond acceptors (Lipinski definition) is 4. The van der Waals surface area contributed by atoms with Crippen molar-refractivity contribution in [1.82, 2.24) is 14.5 Å². The standard InChI is InChI=1S/C26H28ClN3O3S/c27-23-11-13-24(14-12-23)34(32,33)28-20-25(22-9-5-2-6-10-22)29-15-17-30(18-16-29)26(31)19-21-7-3-1-4-8-21/h1-14,25,28H,15-20H2. The first-order valence-corrected chi connectivity index (χ1v) is 13.1. The summed E-state index contributed by atoms with van der Waals surface area (Å²) in [5.74, 6) is 0.116. The van der Waals surface area contributed by atoms with Gasteiger partial charge in [-0.2, -0.15) is 0 Å². The predicted octanol–water partition coefficient (Wildman–Crippen LogP) is 3.75. The Kier molecular flexibility index (Phi) is 8.00. The Morgan fingerprint density at radius 1 is 0.853 bits per heavy atom. The van der Waals surface area contributed by atoms with E-state index in [1.165, 1.54) is 12.1 Å². The molecule has 0 aliphatic carbocycles. The maximum absolute atomic E-state index is 12.9. The smallest absolute Gasteiger partial charge is 0.240 e. The second kappa shape index (κ2) is 11.1. The molecule has 4 rings (SSSR count). The molecule has 3 aromatic rings. The van der Waals surface area contributed by atoms with Gasteiger partial charge in [0.15, 0.2) is 0 Å². The van der Waals surface area contributed by atoms with Gasteiger partial charge in [0, 0.05) is 43.8 Å². The fourth-order valence-electron chi connectivity index (χ4n) is 4.18. The van der Waals surface area contributed by atoms with Crippen LogP contribution in [0.1, 0.15) is 17.2 Å². The van der Waals surface area contributed by atoms with E-state index in [2.05, 4.69) is 9.62 Å². The molecular weight excluding hydrogens is 470 g/mol. The zero-order valence-electron chi connectivity index (χ0n) is 18.8. The monoisotopic (exact) mass is 497 g/mol. The molecule has 1 aliphatic rings. The lowest BCUT2D eigenvalue weighted by atomic mass is 10.0. The molecule has 1 amide bonds. The number of nitrogens with zero attached hydrogens (tertiary/aromatic N) is 2. The van der Waals surface area contributed by atoms with E-state index >= 15 is 0 Å². The highest BCUT2D eigenvalue weighted by Gasteiger charge is 2.28. The van der Waals surface area contributed by atoms with Gasteiger partial charge in [-0.15, -0.1) is 0 Å². The zero-order chi connectivity index (χ0) is 24.0. The third-order valence-corrected chi connectivity index (χ3v) is 7.77. The molecule has 178 valence electrons. The molecular formula is C26H28ClN3O3S. The van der Waals surface area contributed by atoms with Crippen molar-refractivity contribution in [3.63, 3.8) is 0 Å². The Morgan fingerprint density at radius 3 is 2.06 bits per heavy atom. The van der Waals surface area contributed by atoms with Crippen LogP contribution in [-0.2, 0) is 21.2 Å². The van der Waals surface area contributed by atoms with Crippen LogP contribution in [0, 0.1) is 0 Å². The first-order chi connectivity index (χ1) is 16.4. The van der Waals surface area contributed by atoms with Gasteiger partial charge in [-0.3, -0.25) is 9.69 Å². The third kappa shape index (κ3) is 6.24. The average molecular weight is 498 g/mol. The lowest BCUT2D eigenvalue weighted by Gasteiger charge is -2.39. The van der Waals surface area contributed by atoms with Crippen LogP contribution >= 0.6 is 11.6 Å². The van der Waals surface area contributed by atoms with Gasteiger partial charge >= 0.3 is 0 Å². The Bertz CT molecular complexity index is 1180. The van der Waals surface area contributed by atoms with Crippen LogP contribution < -0.4 is 4.72 Å². The Hall–Kier alpha value is -2.71. The summed E-state index contributed by atoms with van der Waals surface area (Å²) in [6.45, 7) is 2.79. The molecule has 0 aromatic heterocycles. The van der Waals surface area contributed by atoms with E-state index in [1.54, 1.807) is 12.1 Å². The number of carbonyl (C=O) groups excluding carboxylic acids is 1. The van der Waals surface area contributed by atoms with Crippen LogP contribution in [0.25, 0.3) is 0 Å². The van der Waals surface area contributed by atoms with Gasteiger partial charge in [-0.25, -0.2) is 13.1 Å². The number of carbonyl (C=O) groups is 1. The van der Waals surface area contributed by atoms with Gasteiger partial charge in [-0.1, -0.05) is 72.3 Å². The van der Waals surface area contributed by atoms with E-state index in [9.17, 15) is 13.2 Å². The quantitative estimate of drug-likeness (QED) is 0.514. The minimum atomic E-state index is -3.68.